The molecule has 23 heavy (non-hydrogen) atoms. The molecule has 0 bridgehead atoms. The lowest BCUT2D eigenvalue weighted by molar-refractivity contribution is 0.484. The van der Waals surface area contributed by atoms with Gasteiger partial charge in [0, 0.05) is 16.8 Å². The third-order valence-corrected chi connectivity index (χ3v) is 4.37. The monoisotopic (exact) mass is 331 g/mol. The summed E-state index contributed by atoms with van der Waals surface area (Å²) in [6, 6.07) is 18.0. The van der Waals surface area contributed by atoms with Crippen molar-refractivity contribution < 1.29 is 13.0 Å². The van der Waals surface area contributed by atoms with Crippen molar-refractivity contribution in [3.8, 4) is 0 Å². The lowest BCUT2D eigenvalue weighted by Crippen LogP contribution is -2.01. The molecule has 3 rings (SSSR count). The summed E-state index contributed by atoms with van der Waals surface area (Å²) >= 11 is 0. The van der Waals surface area contributed by atoms with Crippen LogP contribution >= 0.6 is 0 Å². The second kappa shape index (κ2) is 6.37. The summed E-state index contributed by atoms with van der Waals surface area (Å²) in [5.41, 5.74) is 2.62. The number of quaternary nitrogens is 1. The smallest absolute Gasteiger partial charge is 0.295 e. The summed E-state index contributed by atoms with van der Waals surface area (Å²) in [4.78, 5) is -0.0970. The fraction of sp³-hybridized carbons (Fsp3) is 0.0588. The van der Waals surface area contributed by atoms with Gasteiger partial charge in [0.05, 0.1) is 0 Å². The average molecular weight is 331 g/mol. The zero-order valence-corrected chi connectivity index (χ0v) is 13.8. The second-order valence-electron chi connectivity index (χ2n) is 5.13. The molecule has 0 aliphatic heterocycles. The van der Waals surface area contributed by atoms with Crippen molar-refractivity contribution >= 4 is 32.3 Å². The van der Waals surface area contributed by atoms with Crippen LogP contribution in [0.5, 0.6) is 0 Å². The molecule has 0 unspecified atom stereocenters. The number of hydrogen-bond donors (Lipinski definition) is 3. The predicted molar refractivity (Wildman–Crippen MR) is 94.2 cm³/mol. The van der Waals surface area contributed by atoms with Gasteiger partial charge in [-0.15, -0.1) is 0 Å². The normalized spacial score (nSPS) is 11.0. The van der Waals surface area contributed by atoms with Gasteiger partial charge in [0.1, 0.15) is 4.90 Å². The molecule has 120 valence electrons. The highest BCUT2D eigenvalue weighted by atomic mass is 32.2. The van der Waals surface area contributed by atoms with Gasteiger partial charge in [-0.05, 0) is 36.6 Å². The Hall–Kier alpha value is -2.41. The van der Waals surface area contributed by atoms with Crippen molar-refractivity contribution in [2.75, 3.05) is 5.32 Å². The molecule has 0 radical (unpaired) electrons. The van der Waals surface area contributed by atoms with Gasteiger partial charge in [0.15, 0.2) is 0 Å². The highest BCUT2D eigenvalue weighted by molar-refractivity contribution is 7.86. The molecule has 0 atom stereocenters. The number of nitrogens with one attached hydrogen (secondary N) is 1. The van der Waals surface area contributed by atoms with E-state index in [0.29, 0.717) is 11.1 Å². The lowest BCUT2D eigenvalue weighted by Gasteiger charge is -2.12. The van der Waals surface area contributed by atoms with Gasteiger partial charge >= 0.3 is 0 Å². The quantitative estimate of drug-likeness (QED) is 0.614. The first-order valence-electron chi connectivity index (χ1n) is 6.78. The summed E-state index contributed by atoms with van der Waals surface area (Å²) in [5.74, 6) is 0. The highest BCUT2D eigenvalue weighted by Gasteiger charge is 2.16. The maximum absolute atomic E-state index is 11.6. The van der Waals surface area contributed by atoms with Crippen molar-refractivity contribution in [1.29, 1.82) is 0 Å². The summed E-state index contributed by atoms with van der Waals surface area (Å²) < 4.78 is 32.7. The van der Waals surface area contributed by atoms with E-state index in [0.717, 1.165) is 16.6 Å². The Kier molecular flexibility index (Phi) is 4.70. The van der Waals surface area contributed by atoms with Crippen molar-refractivity contribution in [1.82, 2.24) is 6.15 Å². The zero-order chi connectivity index (χ0) is 15.7. The van der Waals surface area contributed by atoms with Crippen LogP contribution in [0.3, 0.4) is 0 Å². The van der Waals surface area contributed by atoms with Crippen LogP contribution in [0.25, 0.3) is 10.8 Å². The van der Waals surface area contributed by atoms with E-state index in [1.165, 1.54) is 6.07 Å². The topological polar surface area (TPSA) is 103 Å². The van der Waals surface area contributed by atoms with Gasteiger partial charge in [-0.3, -0.25) is 4.55 Å². The Morgan fingerprint density at radius 3 is 2.13 bits per heavy atom. The standard InChI is InChI=1S/C17H15NO3S.H3N/c1-12-8-10-14(11-9-12)18-15-6-2-4-13-5-3-7-16(17(13)15)22(19,20)21;/h2-11,18H,1H3,(H,19,20,21);1H3/p+1. The van der Waals surface area contributed by atoms with E-state index in [-0.39, 0.29) is 11.0 Å². The SMILES string of the molecule is Cc1ccc(Nc2cccc3cccc(S(=O)(=O)O)c23)cc1.[NH4+]. The van der Waals surface area contributed by atoms with Crippen LogP contribution in [0, 0.1) is 6.92 Å². The molecule has 0 saturated heterocycles. The molecule has 0 aromatic heterocycles. The molecule has 0 aliphatic carbocycles. The van der Waals surface area contributed by atoms with E-state index in [9.17, 15) is 13.0 Å². The molecule has 0 saturated carbocycles. The van der Waals surface area contributed by atoms with Gasteiger partial charge in [-0.25, -0.2) is 0 Å². The number of aryl methyl sites for hydroxylation is 1. The van der Waals surface area contributed by atoms with Crippen LogP contribution in [0.15, 0.2) is 65.6 Å². The Labute approximate surface area is 135 Å². The number of benzene rings is 3. The van der Waals surface area contributed by atoms with Crippen molar-refractivity contribution in [3.05, 3.63) is 66.2 Å². The maximum atomic E-state index is 11.6. The minimum absolute atomic E-state index is 0. The summed E-state index contributed by atoms with van der Waals surface area (Å²) in [5, 5.41) is 4.43. The first-order chi connectivity index (χ1) is 10.4. The fourth-order valence-electron chi connectivity index (χ4n) is 2.42. The molecule has 0 spiro atoms. The Morgan fingerprint density at radius 1 is 0.913 bits per heavy atom. The highest BCUT2D eigenvalue weighted by Crippen LogP contribution is 2.31. The molecule has 6 heteroatoms. The summed E-state index contributed by atoms with van der Waals surface area (Å²) in [6.45, 7) is 2.00. The largest absolute Gasteiger partial charge is 0.369 e. The molecule has 6 N–H and O–H groups in total. The van der Waals surface area contributed by atoms with Crippen molar-refractivity contribution in [3.63, 3.8) is 0 Å². The van der Waals surface area contributed by atoms with E-state index >= 15 is 0 Å². The summed E-state index contributed by atoms with van der Waals surface area (Å²) in [7, 11) is -4.29. The van der Waals surface area contributed by atoms with Crippen molar-refractivity contribution in [2.24, 2.45) is 0 Å². The molecule has 0 fully saturated rings. The van der Waals surface area contributed by atoms with E-state index in [2.05, 4.69) is 5.32 Å². The van der Waals surface area contributed by atoms with E-state index in [1.807, 2.05) is 49.4 Å². The third-order valence-electron chi connectivity index (χ3n) is 3.47. The number of rotatable bonds is 3. The first-order valence-corrected chi connectivity index (χ1v) is 8.22. The Balaban J connectivity index is 0.00000192. The van der Waals surface area contributed by atoms with Crippen LogP contribution in [-0.4, -0.2) is 13.0 Å². The average Bonchev–Trinajstić information content (AvgIpc) is 2.48. The van der Waals surface area contributed by atoms with Crippen LogP contribution in [0.1, 0.15) is 5.56 Å². The first kappa shape index (κ1) is 17.0. The molecule has 0 aliphatic rings. The minimum Gasteiger partial charge on any atom is -0.369 e. The zero-order valence-electron chi connectivity index (χ0n) is 12.9. The molecular formula is C17H19N2O3S+. The van der Waals surface area contributed by atoms with Crippen LogP contribution in [0.2, 0.25) is 0 Å². The van der Waals surface area contributed by atoms with Gasteiger partial charge in [-0.1, -0.05) is 42.0 Å². The van der Waals surface area contributed by atoms with E-state index in [4.69, 9.17) is 0 Å². The molecule has 3 aromatic carbocycles. The van der Waals surface area contributed by atoms with E-state index in [1.54, 1.807) is 12.1 Å². The molecule has 5 nitrogen and oxygen atoms in total. The fourth-order valence-corrected chi connectivity index (χ4v) is 3.15. The lowest BCUT2D eigenvalue weighted by atomic mass is 10.1. The number of fused-ring (bicyclic) bond motifs is 1. The Morgan fingerprint density at radius 2 is 1.52 bits per heavy atom. The number of anilines is 2. The van der Waals surface area contributed by atoms with Gasteiger partial charge in [0.25, 0.3) is 10.1 Å². The molecular weight excluding hydrogens is 312 g/mol. The van der Waals surface area contributed by atoms with Crippen LogP contribution in [0.4, 0.5) is 11.4 Å². The molecule has 0 amide bonds. The van der Waals surface area contributed by atoms with Gasteiger partial charge < -0.3 is 11.5 Å². The molecule has 3 aromatic rings. The predicted octanol–water partition coefficient (Wildman–Crippen LogP) is 4.51. The second-order valence-corrected chi connectivity index (χ2v) is 6.52. The summed E-state index contributed by atoms with van der Waals surface area (Å²) in [6.07, 6.45) is 0. The number of hydrogen-bond acceptors (Lipinski definition) is 3. The van der Waals surface area contributed by atoms with Crippen molar-refractivity contribution in [2.45, 2.75) is 11.8 Å². The Bertz CT molecular complexity index is 930. The molecule has 0 heterocycles. The van der Waals surface area contributed by atoms with Gasteiger partial charge in [0.2, 0.25) is 0 Å². The van der Waals surface area contributed by atoms with Crippen LogP contribution < -0.4 is 11.5 Å². The van der Waals surface area contributed by atoms with Gasteiger partial charge in [-0.2, -0.15) is 8.42 Å². The van der Waals surface area contributed by atoms with E-state index < -0.39 is 10.1 Å². The van der Waals surface area contributed by atoms with Crippen LogP contribution in [-0.2, 0) is 10.1 Å². The third kappa shape index (κ3) is 3.50. The minimum atomic E-state index is -4.29. The maximum Gasteiger partial charge on any atom is 0.295 e.